The van der Waals surface area contributed by atoms with Crippen LogP contribution < -0.4 is 17.6 Å². The first-order valence-electron chi connectivity index (χ1n) is 3.52. The summed E-state index contributed by atoms with van der Waals surface area (Å²) in [6, 6.07) is 3.28. The van der Waals surface area contributed by atoms with Crippen LogP contribution in [0.4, 0.5) is 0 Å². The predicted molar refractivity (Wildman–Crippen MR) is 43.7 cm³/mol. The van der Waals surface area contributed by atoms with Gasteiger partial charge < -0.3 is 17.5 Å². The molecular weight excluding hydrogens is 192 g/mol. The lowest BCUT2D eigenvalue weighted by Gasteiger charge is -1.93. The van der Waals surface area contributed by atoms with Gasteiger partial charge in [-0.3, -0.25) is 4.84 Å². The lowest BCUT2D eigenvalue weighted by molar-refractivity contribution is -0.744. The molecule has 0 aliphatic carbocycles. The van der Waals surface area contributed by atoms with Gasteiger partial charge in [0.2, 0.25) is 5.71 Å². The lowest BCUT2D eigenvalue weighted by Crippen LogP contribution is -3.00. The Labute approximate surface area is 82.7 Å². The summed E-state index contributed by atoms with van der Waals surface area (Å²) in [6.07, 6.45) is 1.39. The van der Waals surface area contributed by atoms with E-state index in [1.54, 1.807) is 12.1 Å². The average molecular weight is 203 g/mol. The summed E-state index contributed by atoms with van der Waals surface area (Å²) in [6.45, 7) is 1.84. The van der Waals surface area contributed by atoms with Crippen LogP contribution in [0.3, 0.4) is 0 Å². The predicted octanol–water partition coefficient (Wildman–Crippen LogP) is -3.76. The highest BCUT2D eigenvalue weighted by Crippen LogP contribution is 2.04. The molecule has 0 atom stereocenters. The fourth-order valence-electron chi connectivity index (χ4n) is 0.813. The molecule has 2 N–H and O–H groups in total. The Morgan fingerprint density at radius 2 is 2.23 bits per heavy atom. The number of aromatic nitrogens is 1. The fourth-order valence-corrected chi connectivity index (χ4v) is 0.813. The normalized spacial score (nSPS) is 10.5. The fraction of sp³-hybridized carbons (Fsp3) is 0.250. The quantitative estimate of drug-likeness (QED) is 0.383. The van der Waals surface area contributed by atoms with E-state index in [4.69, 9.17) is 9.94 Å². The molecule has 4 nitrogen and oxygen atoms in total. The van der Waals surface area contributed by atoms with Gasteiger partial charge >= 0.3 is 0 Å². The molecule has 13 heavy (non-hydrogen) atoms. The van der Waals surface area contributed by atoms with E-state index >= 15 is 0 Å². The third-order valence-corrected chi connectivity index (χ3v) is 1.39. The Morgan fingerprint density at radius 3 is 2.69 bits per heavy atom. The second kappa shape index (κ2) is 5.37. The first-order chi connectivity index (χ1) is 5.74. The molecule has 1 heterocycles. The minimum absolute atomic E-state index is 0. The smallest absolute Gasteiger partial charge is 0.247 e. The maximum absolute atomic E-state index is 8.94. The minimum Gasteiger partial charge on any atom is -1.00 e. The number of rotatable bonds is 2. The van der Waals surface area contributed by atoms with Gasteiger partial charge in [0.25, 0.3) is 0 Å². The van der Waals surface area contributed by atoms with Gasteiger partial charge in [-0.1, -0.05) is 0 Å². The van der Waals surface area contributed by atoms with Crippen molar-refractivity contribution in [1.82, 2.24) is 4.98 Å². The van der Waals surface area contributed by atoms with Crippen molar-refractivity contribution in [2.75, 3.05) is 7.11 Å². The van der Waals surface area contributed by atoms with Crippen molar-refractivity contribution in [1.29, 1.82) is 0 Å². The van der Waals surface area contributed by atoms with Crippen molar-refractivity contribution < 1.29 is 27.5 Å². The first kappa shape index (κ1) is 11.7. The van der Waals surface area contributed by atoms with Gasteiger partial charge in [0.1, 0.15) is 18.6 Å². The summed E-state index contributed by atoms with van der Waals surface area (Å²) in [5, 5.41) is 11.6. The van der Waals surface area contributed by atoms with Crippen LogP contribution in [0.25, 0.3) is 0 Å². The third-order valence-electron chi connectivity index (χ3n) is 1.39. The second-order valence-corrected chi connectivity index (χ2v) is 2.33. The Bertz CT molecular complexity index is 285. The minimum atomic E-state index is 0. The van der Waals surface area contributed by atoms with E-state index < -0.39 is 0 Å². The third kappa shape index (κ3) is 3.29. The molecule has 0 unspecified atom stereocenters. The number of hydrogen-bond acceptors (Lipinski definition) is 3. The van der Waals surface area contributed by atoms with E-state index in [9.17, 15) is 0 Å². The molecule has 1 rings (SSSR count). The van der Waals surface area contributed by atoms with Crippen molar-refractivity contribution >= 4 is 5.71 Å². The van der Waals surface area contributed by atoms with E-state index in [0.29, 0.717) is 0 Å². The van der Waals surface area contributed by atoms with Gasteiger partial charge in [0, 0.05) is 6.92 Å². The number of aromatic hydroxyl groups is 1. The van der Waals surface area contributed by atoms with Crippen molar-refractivity contribution in [3.8, 4) is 5.75 Å². The van der Waals surface area contributed by atoms with E-state index in [1.165, 1.54) is 13.3 Å². The first-order valence-corrected chi connectivity index (χ1v) is 3.52. The topological polar surface area (TPSA) is 56.3 Å². The summed E-state index contributed by atoms with van der Waals surface area (Å²) >= 11 is 0. The van der Waals surface area contributed by atoms with E-state index in [2.05, 4.69) is 10.1 Å². The molecule has 0 radical (unpaired) electrons. The molecule has 0 fully saturated rings. The van der Waals surface area contributed by atoms with Gasteiger partial charge in [-0.15, -0.1) is 0 Å². The van der Waals surface area contributed by atoms with E-state index in [-0.39, 0.29) is 18.2 Å². The molecule has 0 bridgehead atoms. The molecular formula is C8H11ClN2O2. The van der Waals surface area contributed by atoms with Crippen LogP contribution in [0.2, 0.25) is 0 Å². The van der Waals surface area contributed by atoms with Crippen LogP contribution in [-0.2, 0) is 4.84 Å². The van der Waals surface area contributed by atoms with Gasteiger partial charge in [-0.05, 0) is 17.3 Å². The van der Waals surface area contributed by atoms with Crippen LogP contribution in [0.1, 0.15) is 12.6 Å². The van der Waals surface area contributed by atoms with Crippen LogP contribution in [0.5, 0.6) is 5.75 Å². The Kier molecular flexibility index (Phi) is 4.84. The maximum Gasteiger partial charge on any atom is 0.247 e. The highest BCUT2D eigenvalue weighted by atomic mass is 35.5. The molecule has 1 aromatic rings. The molecule has 0 aliphatic heterocycles. The number of nitrogens with one attached hydrogen (secondary N) is 1. The van der Waals surface area contributed by atoms with Crippen molar-refractivity contribution in [2.24, 2.45) is 0 Å². The van der Waals surface area contributed by atoms with E-state index in [1.807, 2.05) is 6.92 Å². The standard InChI is InChI=1S/C8H10N2O2.ClH/c1-6(10-12-2)8-4-3-7(11)5-9-8;/h3-5,11H,1-2H3;1H. The summed E-state index contributed by atoms with van der Waals surface area (Å²) in [5.74, 6) is 0.156. The number of pyridine rings is 1. The Morgan fingerprint density at radius 1 is 1.54 bits per heavy atom. The van der Waals surface area contributed by atoms with Crippen molar-refractivity contribution in [3.63, 3.8) is 0 Å². The largest absolute Gasteiger partial charge is 1.00 e. The van der Waals surface area contributed by atoms with Gasteiger partial charge in [0.05, 0.1) is 6.20 Å². The van der Waals surface area contributed by atoms with Gasteiger partial charge in [-0.2, -0.15) is 0 Å². The van der Waals surface area contributed by atoms with Crippen LogP contribution in [0, 0.1) is 0 Å². The summed E-state index contributed by atoms with van der Waals surface area (Å²) in [5.41, 5.74) is 1.55. The van der Waals surface area contributed by atoms with E-state index in [0.717, 1.165) is 11.4 Å². The zero-order valence-electron chi connectivity index (χ0n) is 7.41. The van der Waals surface area contributed by atoms with Gasteiger partial charge in [-0.25, -0.2) is 4.98 Å². The highest BCUT2D eigenvalue weighted by Gasteiger charge is 2.04. The maximum atomic E-state index is 8.94. The molecule has 0 aromatic carbocycles. The summed E-state index contributed by atoms with van der Waals surface area (Å²) < 4.78 is 0. The summed E-state index contributed by atoms with van der Waals surface area (Å²) in [7, 11) is 1.53. The summed E-state index contributed by atoms with van der Waals surface area (Å²) in [4.78, 5) is 8.67. The van der Waals surface area contributed by atoms with Crippen molar-refractivity contribution in [2.45, 2.75) is 6.92 Å². The lowest BCUT2D eigenvalue weighted by atomic mass is 10.2. The Hall–Kier alpha value is -1.29. The number of nitrogens with zero attached hydrogens (tertiary/aromatic N) is 1. The average Bonchev–Trinajstić information content (AvgIpc) is 2.06. The molecule has 0 spiro atoms. The molecule has 72 valence electrons. The molecule has 0 saturated heterocycles. The molecule has 0 amide bonds. The molecule has 0 aliphatic rings. The van der Waals surface area contributed by atoms with Crippen LogP contribution in [0.15, 0.2) is 18.3 Å². The Balaban J connectivity index is 0.00000144. The molecule has 0 saturated carbocycles. The van der Waals surface area contributed by atoms with Crippen LogP contribution >= 0.6 is 0 Å². The monoisotopic (exact) mass is 202 g/mol. The zero-order valence-corrected chi connectivity index (χ0v) is 8.17. The van der Waals surface area contributed by atoms with Crippen molar-refractivity contribution in [3.05, 3.63) is 24.0 Å². The van der Waals surface area contributed by atoms with Gasteiger partial charge in [0.15, 0.2) is 0 Å². The number of hydrogen-bond donors (Lipinski definition) is 2. The zero-order chi connectivity index (χ0) is 8.97. The number of halogens is 1. The highest BCUT2D eigenvalue weighted by molar-refractivity contribution is 5.92. The SMILES string of the molecule is CO[NH+]=C(C)c1ccc(O)cn1.[Cl-]. The molecule has 5 heteroatoms. The van der Waals surface area contributed by atoms with Crippen LogP contribution in [-0.4, -0.2) is 22.9 Å². The second-order valence-electron chi connectivity index (χ2n) is 2.33. The molecule has 1 aromatic heterocycles.